The molecular weight excluding hydrogens is 324 g/mol. The summed E-state index contributed by atoms with van der Waals surface area (Å²) in [6.45, 7) is 4.57. The second-order valence-electron chi connectivity index (χ2n) is 6.09. The van der Waals surface area contributed by atoms with Crippen LogP contribution in [0, 0.1) is 13.8 Å². The summed E-state index contributed by atoms with van der Waals surface area (Å²) >= 11 is 6.23. The Morgan fingerprint density at radius 3 is 2.67 bits per heavy atom. The quantitative estimate of drug-likeness (QED) is 0.902. The van der Waals surface area contributed by atoms with E-state index in [9.17, 15) is 9.59 Å². The molecule has 0 aliphatic carbocycles. The van der Waals surface area contributed by atoms with E-state index in [1.54, 1.807) is 23.1 Å². The Kier molecular flexibility index (Phi) is 4.58. The summed E-state index contributed by atoms with van der Waals surface area (Å²) in [6.07, 6.45) is 1.34. The van der Waals surface area contributed by atoms with E-state index in [1.165, 1.54) is 0 Å². The van der Waals surface area contributed by atoms with Crippen molar-refractivity contribution in [2.24, 2.45) is 0 Å². The molecule has 0 bridgehead atoms. The van der Waals surface area contributed by atoms with Crippen LogP contribution in [0.3, 0.4) is 0 Å². The largest absolute Gasteiger partial charge is 0.322 e. The summed E-state index contributed by atoms with van der Waals surface area (Å²) in [5.41, 5.74) is 3.95. The molecule has 2 amide bonds. The fourth-order valence-corrected chi connectivity index (χ4v) is 3.05. The van der Waals surface area contributed by atoms with E-state index in [-0.39, 0.29) is 11.8 Å². The third-order valence-electron chi connectivity index (χ3n) is 4.21. The highest BCUT2D eigenvalue weighted by Gasteiger charge is 2.24. The van der Waals surface area contributed by atoms with Gasteiger partial charge < -0.3 is 10.2 Å². The van der Waals surface area contributed by atoms with Gasteiger partial charge in [-0.25, -0.2) is 0 Å². The number of halogens is 1. The number of hydrogen-bond donors (Lipinski definition) is 1. The number of anilines is 2. The van der Waals surface area contributed by atoms with Crippen LogP contribution in [0.25, 0.3) is 0 Å². The van der Waals surface area contributed by atoms with Gasteiger partial charge in [0.2, 0.25) is 5.91 Å². The van der Waals surface area contributed by atoms with Crippen molar-refractivity contribution < 1.29 is 9.59 Å². The highest BCUT2D eigenvalue weighted by atomic mass is 35.5. The smallest absolute Gasteiger partial charge is 0.255 e. The zero-order chi connectivity index (χ0) is 17.3. The van der Waals surface area contributed by atoms with Gasteiger partial charge in [0, 0.05) is 24.2 Å². The zero-order valence-corrected chi connectivity index (χ0v) is 14.5. The Balaban J connectivity index is 1.88. The Bertz CT molecular complexity index is 817. The molecule has 1 N–H and O–H groups in total. The average molecular weight is 343 g/mol. The summed E-state index contributed by atoms with van der Waals surface area (Å²) < 4.78 is 0. The molecule has 0 unspecified atom stereocenters. The van der Waals surface area contributed by atoms with Crippen LogP contribution in [-0.2, 0) is 4.79 Å². The molecule has 3 rings (SSSR count). The summed E-state index contributed by atoms with van der Waals surface area (Å²) in [7, 11) is 0. The normalized spacial score (nSPS) is 14.1. The van der Waals surface area contributed by atoms with Crippen molar-refractivity contribution in [1.82, 2.24) is 0 Å². The van der Waals surface area contributed by atoms with E-state index in [0.717, 1.165) is 23.2 Å². The molecule has 0 spiro atoms. The maximum atomic E-state index is 12.6. The number of carbonyl (C=O) groups is 2. The molecule has 0 atom stereocenters. The third kappa shape index (κ3) is 3.29. The molecule has 0 radical (unpaired) electrons. The Hall–Kier alpha value is -2.33. The van der Waals surface area contributed by atoms with Crippen LogP contribution < -0.4 is 10.2 Å². The fourth-order valence-electron chi connectivity index (χ4n) is 2.83. The van der Waals surface area contributed by atoms with Gasteiger partial charge in [-0.1, -0.05) is 23.7 Å². The summed E-state index contributed by atoms with van der Waals surface area (Å²) in [4.78, 5) is 26.2. The molecule has 0 saturated carbocycles. The van der Waals surface area contributed by atoms with Crippen LogP contribution in [0.5, 0.6) is 0 Å². The first kappa shape index (κ1) is 16.5. The van der Waals surface area contributed by atoms with Crippen molar-refractivity contribution in [1.29, 1.82) is 0 Å². The average Bonchev–Trinajstić information content (AvgIpc) is 2.97. The molecule has 2 aromatic rings. The first-order chi connectivity index (χ1) is 11.5. The van der Waals surface area contributed by atoms with Gasteiger partial charge in [0.1, 0.15) is 0 Å². The van der Waals surface area contributed by atoms with Crippen molar-refractivity contribution in [3.8, 4) is 0 Å². The number of aryl methyl sites for hydroxylation is 2. The molecule has 124 valence electrons. The van der Waals surface area contributed by atoms with E-state index in [1.807, 2.05) is 32.0 Å². The standard InChI is InChI=1S/C19H19ClN2O2/c1-12-5-6-13(2)16(10-12)21-19(24)14-7-8-15(20)17(11-14)22-9-3-4-18(22)23/h5-8,10-11H,3-4,9H2,1-2H3,(H,21,24). The molecule has 1 aliphatic heterocycles. The van der Waals surface area contributed by atoms with Crippen molar-refractivity contribution in [3.05, 3.63) is 58.1 Å². The molecule has 2 aromatic carbocycles. The van der Waals surface area contributed by atoms with Crippen LogP contribution >= 0.6 is 11.6 Å². The zero-order valence-electron chi connectivity index (χ0n) is 13.7. The number of benzene rings is 2. The maximum Gasteiger partial charge on any atom is 0.255 e. The van der Waals surface area contributed by atoms with Gasteiger partial charge in [0.25, 0.3) is 5.91 Å². The van der Waals surface area contributed by atoms with Crippen molar-refractivity contribution in [3.63, 3.8) is 0 Å². The molecule has 1 heterocycles. The number of rotatable bonds is 3. The van der Waals surface area contributed by atoms with E-state index >= 15 is 0 Å². The van der Waals surface area contributed by atoms with Gasteiger partial charge in [-0.05, 0) is 55.7 Å². The topological polar surface area (TPSA) is 49.4 Å². The molecule has 1 saturated heterocycles. The van der Waals surface area contributed by atoms with Gasteiger partial charge >= 0.3 is 0 Å². The van der Waals surface area contributed by atoms with Gasteiger partial charge in [-0.15, -0.1) is 0 Å². The number of nitrogens with zero attached hydrogens (tertiary/aromatic N) is 1. The lowest BCUT2D eigenvalue weighted by molar-refractivity contribution is -0.117. The van der Waals surface area contributed by atoms with Crippen LogP contribution in [0.4, 0.5) is 11.4 Å². The maximum absolute atomic E-state index is 12.6. The molecule has 1 fully saturated rings. The van der Waals surface area contributed by atoms with Gasteiger partial charge in [-0.3, -0.25) is 9.59 Å². The van der Waals surface area contributed by atoms with Crippen LogP contribution in [-0.4, -0.2) is 18.4 Å². The molecule has 1 aliphatic rings. The van der Waals surface area contributed by atoms with E-state index in [4.69, 9.17) is 11.6 Å². The lowest BCUT2D eigenvalue weighted by Gasteiger charge is -2.18. The van der Waals surface area contributed by atoms with Crippen LogP contribution in [0.15, 0.2) is 36.4 Å². The summed E-state index contributed by atoms with van der Waals surface area (Å²) in [5.74, 6) is -0.169. The number of carbonyl (C=O) groups excluding carboxylic acids is 2. The van der Waals surface area contributed by atoms with Gasteiger partial charge in [-0.2, -0.15) is 0 Å². The third-order valence-corrected chi connectivity index (χ3v) is 4.53. The minimum absolute atomic E-state index is 0.0454. The monoisotopic (exact) mass is 342 g/mol. The van der Waals surface area contributed by atoms with E-state index in [0.29, 0.717) is 29.2 Å². The van der Waals surface area contributed by atoms with Gasteiger partial charge in [0.15, 0.2) is 0 Å². The number of hydrogen-bond acceptors (Lipinski definition) is 2. The first-order valence-corrected chi connectivity index (χ1v) is 8.32. The van der Waals surface area contributed by atoms with Crippen molar-refractivity contribution in [2.45, 2.75) is 26.7 Å². The number of amides is 2. The van der Waals surface area contributed by atoms with Crippen molar-refractivity contribution in [2.75, 3.05) is 16.8 Å². The predicted octanol–water partition coefficient (Wildman–Crippen LogP) is 4.34. The summed E-state index contributed by atoms with van der Waals surface area (Å²) in [5, 5.41) is 3.41. The molecule has 4 nitrogen and oxygen atoms in total. The molecule has 24 heavy (non-hydrogen) atoms. The minimum Gasteiger partial charge on any atom is -0.322 e. The number of nitrogens with one attached hydrogen (secondary N) is 1. The second kappa shape index (κ2) is 6.65. The van der Waals surface area contributed by atoms with E-state index < -0.39 is 0 Å². The lowest BCUT2D eigenvalue weighted by Crippen LogP contribution is -2.24. The fraction of sp³-hybridized carbons (Fsp3) is 0.263. The predicted molar refractivity (Wildman–Crippen MR) is 96.9 cm³/mol. The second-order valence-corrected chi connectivity index (χ2v) is 6.49. The van der Waals surface area contributed by atoms with Crippen molar-refractivity contribution >= 4 is 34.8 Å². The Morgan fingerprint density at radius 1 is 1.17 bits per heavy atom. The molecular formula is C19H19ClN2O2. The highest BCUT2D eigenvalue weighted by molar-refractivity contribution is 6.34. The first-order valence-electron chi connectivity index (χ1n) is 7.94. The van der Waals surface area contributed by atoms with Crippen LogP contribution in [0.2, 0.25) is 5.02 Å². The Labute approximate surface area is 146 Å². The molecule has 0 aromatic heterocycles. The summed E-state index contributed by atoms with van der Waals surface area (Å²) in [6, 6.07) is 10.9. The minimum atomic E-state index is -0.215. The SMILES string of the molecule is Cc1ccc(C)c(NC(=O)c2ccc(Cl)c(N3CCCC3=O)c2)c1. The van der Waals surface area contributed by atoms with Crippen LogP contribution in [0.1, 0.15) is 34.3 Å². The highest BCUT2D eigenvalue weighted by Crippen LogP contribution is 2.30. The Morgan fingerprint density at radius 2 is 1.96 bits per heavy atom. The lowest BCUT2D eigenvalue weighted by atomic mass is 10.1. The molecule has 5 heteroatoms. The van der Waals surface area contributed by atoms with Gasteiger partial charge in [0.05, 0.1) is 10.7 Å². The van der Waals surface area contributed by atoms with E-state index in [2.05, 4.69) is 5.32 Å².